The normalized spacial score (nSPS) is 11.4. The Labute approximate surface area is 210 Å². The maximum absolute atomic E-state index is 12.9. The van der Waals surface area contributed by atoms with Gasteiger partial charge in [0.2, 0.25) is 0 Å². The molecule has 0 radical (unpaired) electrons. The fraction of sp³-hybridized carbons (Fsp3) is 0.115. The maximum Gasteiger partial charge on any atom is 0.416 e. The number of carbonyl (C=O) groups is 2. The summed E-state index contributed by atoms with van der Waals surface area (Å²) in [5.41, 5.74) is 0.351. The monoisotopic (exact) mass is 513 g/mol. The molecule has 0 spiro atoms. The minimum atomic E-state index is -4.59. The SMILES string of the molecule is Cc1ccc(NC(=O)COc2ccc(Cl)cc2/C=C(\C#N)C(=O)Nc2cccc(C(F)(F)F)c2)cc1. The molecule has 0 atom stereocenters. The first kappa shape index (κ1) is 26.3. The second-order valence-electron chi connectivity index (χ2n) is 7.59. The number of alkyl halides is 3. The molecule has 0 unspecified atom stereocenters. The molecular formula is C26H19ClF3N3O3. The number of anilines is 2. The molecule has 0 fully saturated rings. The van der Waals surface area contributed by atoms with Crippen LogP contribution in [0.2, 0.25) is 5.02 Å². The lowest BCUT2D eigenvalue weighted by Gasteiger charge is -2.11. The van der Waals surface area contributed by atoms with Crippen molar-refractivity contribution < 1.29 is 27.5 Å². The fourth-order valence-electron chi connectivity index (χ4n) is 3.02. The molecule has 2 N–H and O–H groups in total. The van der Waals surface area contributed by atoms with Gasteiger partial charge in [0.1, 0.15) is 17.4 Å². The summed E-state index contributed by atoms with van der Waals surface area (Å²) in [5, 5.41) is 14.7. The van der Waals surface area contributed by atoms with E-state index in [1.54, 1.807) is 18.2 Å². The van der Waals surface area contributed by atoms with E-state index in [9.17, 15) is 28.0 Å². The summed E-state index contributed by atoms with van der Waals surface area (Å²) in [4.78, 5) is 24.8. The summed E-state index contributed by atoms with van der Waals surface area (Å²) in [7, 11) is 0. The Kier molecular flexibility index (Phi) is 8.35. The minimum Gasteiger partial charge on any atom is -0.483 e. The molecule has 184 valence electrons. The van der Waals surface area contributed by atoms with Crippen molar-refractivity contribution in [3.8, 4) is 11.8 Å². The van der Waals surface area contributed by atoms with Gasteiger partial charge in [-0.2, -0.15) is 18.4 Å². The molecule has 10 heteroatoms. The zero-order chi connectivity index (χ0) is 26.3. The van der Waals surface area contributed by atoms with Crippen LogP contribution in [0.15, 0.2) is 72.3 Å². The highest BCUT2D eigenvalue weighted by Crippen LogP contribution is 2.31. The average Bonchev–Trinajstić information content (AvgIpc) is 2.83. The standard InChI is InChI=1S/C26H19ClF3N3O3/c1-16-5-8-21(9-6-16)32-24(34)15-36-23-10-7-20(27)12-17(23)11-18(14-31)25(35)33-22-4-2-3-19(13-22)26(28,29)30/h2-13H,15H2,1H3,(H,32,34)(H,33,35)/b18-11+. The highest BCUT2D eigenvalue weighted by atomic mass is 35.5. The van der Waals surface area contributed by atoms with Gasteiger partial charge in [-0.1, -0.05) is 35.4 Å². The first-order valence-electron chi connectivity index (χ1n) is 10.4. The first-order chi connectivity index (χ1) is 17.0. The number of nitrogens with zero attached hydrogens (tertiary/aromatic N) is 1. The van der Waals surface area contributed by atoms with Crippen LogP contribution >= 0.6 is 11.6 Å². The second kappa shape index (κ2) is 11.4. The van der Waals surface area contributed by atoms with E-state index in [1.807, 2.05) is 19.1 Å². The third-order valence-electron chi connectivity index (χ3n) is 4.78. The van der Waals surface area contributed by atoms with E-state index < -0.39 is 29.1 Å². The highest BCUT2D eigenvalue weighted by Gasteiger charge is 2.30. The average molecular weight is 514 g/mol. The van der Waals surface area contributed by atoms with Crippen LogP contribution in [0, 0.1) is 18.3 Å². The molecule has 36 heavy (non-hydrogen) atoms. The predicted octanol–water partition coefficient (Wildman–Crippen LogP) is 6.23. The molecule has 0 saturated carbocycles. The molecule has 0 bridgehead atoms. The van der Waals surface area contributed by atoms with Gasteiger partial charge in [0.25, 0.3) is 11.8 Å². The number of benzene rings is 3. The molecule has 0 aromatic heterocycles. The number of nitriles is 1. The van der Waals surface area contributed by atoms with Crippen LogP contribution in [0.5, 0.6) is 5.75 Å². The lowest BCUT2D eigenvalue weighted by atomic mass is 10.1. The van der Waals surface area contributed by atoms with Gasteiger partial charge in [-0.05, 0) is 61.5 Å². The van der Waals surface area contributed by atoms with Gasteiger partial charge >= 0.3 is 6.18 Å². The Morgan fingerprint density at radius 3 is 2.42 bits per heavy atom. The molecule has 3 aromatic rings. The topological polar surface area (TPSA) is 91.2 Å². The van der Waals surface area contributed by atoms with Crippen molar-refractivity contribution in [2.24, 2.45) is 0 Å². The number of halogens is 4. The summed E-state index contributed by atoms with van der Waals surface area (Å²) < 4.78 is 44.4. The Morgan fingerprint density at radius 1 is 1.03 bits per heavy atom. The second-order valence-corrected chi connectivity index (χ2v) is 8.02. The summed E-state index contributed by atoms with van der Waals surface area (Å²) in [5.74, 6) is -1.20. The molecule has 6 nitrogen and oxygen atoms in total. The van der Waals surface area contributed by atoms with Crippen LogP contribution in [0.25, 0.3) is 6.08 Å². The lowest BCUT2D eigenvalue weighted by Crippen LogP contribution is -2.20. The smallest absolute Gasteiger partial charge is 0.416 e. The Hall–Kier alpha value is -4.29. The fourth-order valence-corrected chi connectivity index (χ4v) is 3.20. The maximum atomic E-state index is 12.9. The summed E-state index contributed by atoms with van der Waals surface area (Å²) in [6.45, 7) is 1.55. The van der Waals surface area contributed by atoms with E-state index in [2.05, 4.69) is 10.6 Å². The minimum absolute atomic E-state index is 0.133. The third kappa shape index (κ3) is 7.35. The van der Waals surface area contributed by atoms with Gasteiger partial charge in [0.15, 0.2) is 6.61 Å². The number of hydrogen-bond donors (Lipinski definition) is 2. The van der Waals surface area contributed by atoms with Gasteiger partial charge in [-0.15, -0.1) is 0 Å². The van der Waals surface area contributed by atoms with E-state index in [1.165, 1.54) is 30.3 Å². The molecule has 0 aliphatic rings. The van der Waals surface area contributed by atoms with Crippen LogP contribution in [-0.2, 0) is 15.8 Å². The van der Waals surface area contributed by atoms with Crippen molar-refractivity contribution >= 4 is 40.9 Å². The van der Waals surface area contributed by atoms with E-state index in [-0.39, 0.29) is 28.6 Å². The van der Waals surface area contributed by atoms with Gasteiger partial charge in [-0.3, -0.25) is 9.59 Å². The highest BCUT2D eigenvalue weighted by molar-refractivity contribution is 6.30. The van der Waals surface area contributed by atoms with Crippen molar-refractivity contribution in [1.29, 1.82) is 5.26 Å². The van der Waals surface area contributed by atoms with Crippen LogP contribution in [0.1, 0.15) is 16.7 Å². The Morgan fingerprint density at radius 2 is 1.75 bits per heavy atom. The largest absolute Gasteiger partial charge is 0.483 e. The third-order valence-corrected chi connectivity index (χ3v) is 5.01. The summed E-state index contributed by atoms with van der Waals surface area (Å²) in [6.07, 6.45) is -3.42. The Balaban J connectivity index is 1.75. The summed E-state index contributed by atoms with van der Waals surface area (Å²) in [6, 6.07) is 17.3. The molecule has 0 aliphatic heterocycles. The molecule has 3 rings (SSSR count). The van der Waals surface area contributed by atoms with Gasteiger partial charge in [0.05, 0.1) is 5.56 Å². The quantitative estimate of drug-likeness (QED) is 0.289. The number of rotatable bonds is 7. The number of aryl methyl sites for hydroxylation is 1. The Bertz CT molecular complexity index is 1350. The summed E-state index contributed by atoms with van der Waals surface area (Å²) >= 11 is 6.04. The van der Waals surface area contributed by atoms with E-state index in [4.69, 9.17) is 16.3 Å². The van der Waals surface area contributed by atoms with Crippen molar-refractivity contribution in [3.05, 3.63) is 94.0 Å². The zero-order valence-corrected chi connectivity index (χ0v) is 19.6. The number of ether oxygens (including phenoxy) is 1. The van der Waals surface area contributed by atoms with E-state index in [0.29, 0.717) is 5.69 Å². The first-order valence-corrected chi connectivity index (χ1v) is 10.8. The number of nitrogens with one attached hydrogen (secondary N) is 2. The molecule has 2 amide bonds. The van der Waals surface area contributed by atoms with Gasteiger partial charge < -0.3 is 15.4 Å². The zero-order valence-electron chi connectivity index (χ0n) is 18.8. The van der Waals surface area contributed by atoms with Crippen molar-refractivity contribution in [1.82, 2.24) is 0 Å². The lowest BCUT2D eigenvalue weighted by molar-refractivity contribution is -0.137. The van der Waals surface area contributed by atoms with E-state index >= 15 is 0 Å². The van der Waals surface area contributed by atoms with Crippen molar-refractivity contribution in [2.75, 3.05) is 17.2 Å². The van der Waals surface area contributed by atoms with Gasteiger partial charge in [-0.25, -0.2) is 0 Å². The molecule has 0 aliphatic carbocycles. The molecule has 0 saturated heterocycles. The number of carbonyl (C=O) groups excluding carboxylic acids is 2. The van der Waals surface area contributed by atoms with Crippen molar-refractivity contribution in [3.63, 3.8) is 0 Å². The van der Waals surface area contributed by atoms with Crippen molar-refractivity contribution in [2.45, 2.75) is 13.1 Å². The van der Waals surface area contributed by atoms with Crippen LogP contribution in [0.4, 0.5) is 24.5 Å². The van der Waals surface area contributed by atoms with Crippen LogP contribution in [-0.4, -0.2) is 18.4 Å². The predicted molar refractivity (Wildman–Crippen MR) is 130 cm³/mol. The van der Waals surface area contributed by atoms with Gasteiger partial charge in [0, 0.05) is 22.0 Å². The van der Waals surface area contributed by atoms with Crippen LogP contribution in [0.3, 0.4) is 0 Å². The molecular weight excluding hydrogens is 495 g/mol. The molecule has 3 aromatic carbocycles. The number of amides is 2. The van der Waals surface area contributed by atoms with Crippen LogP contribution < -0.4 is 15.4 Å². The van der Waals surface area contributed by atoms with E-state index in [0.717, 1.165) is 23.8 Å². The molecule has 0 heterocycles. The number of hydrogen-bond acceptors (Lipinski definition) is 4.